The lowest BCUT2D eigenvalue weighted by molar-refractivity contribution is -0.138. The number of aliphatic hydroxyl groups is 1. The molecule has 0 saturated carbocycles. The van der Waals surface area contributed by atoms with Gasteiger partial charge in [0, 0.05) is 38.3 Å². The standard InChI is InChI=1S/C19H28N6O4S/c1-14(2)18(19(27)24-9-7-23(8-10-24)11-12-26)25-13-17(21-22-25)15-3-5-16(6-4-15)30(20,28)29/h3-6,13-14,18,26H,7-12H2,1-2H3,(H2,20,28,29). The minimum Gasteiger partial charge on any atom is -0.395 e. The van der Waals surface area contributed by atoms with Gasteiger partial charge in [-0.25, -0.2) is 18.2 Å². The summed E-state index contributed by atoms with van der Waals surface area (Å²) < 4.78 is 24.4. The number of nitrogens with zero attached hydrogens (tertiary/aromatic N) is 5. The highest BCUT2D eigenvalue weighted by atomic mass is 32.2. The SMILES string of the molecule is CC(C)C(C(=O)N1CCN(CCO)CC1)n1cc(-c2ccc(S(N)(=O)=O)cc2)nn1. The average molecular weight is 437 g/mol. The molecule has 30 heavy (non-hydrogen) atoms. The Hall–Kier alpha value is -2.34. The number of sulfonamides is 1. The van der Waals surface area contributed by atoms with Crippen molar-refractivity contribution in [1.82, 2.24) is 24.8 Å². The zero-order valence-corrected chi connectivity index (χ0v) is 18.0. The number of nitrogens with two attached hydrogens (primary N) is 1. The fourth-order valence-corrected chi connectivity index (χ4v) is 4.10. The summed E-state index contributed by atoms with van der Waals surface area (Å²) in [5.74, 6) is 0.00181. The summed E-state index contributed by atoms with van der Waals surface area (Å²) >= 11 is 0. The van der Waals surface area contributed by atoms with Crippen molar-refractivity contribution in [3.8, 4) is 11.3 Å². The maximum atomic E-state index is 13.2. The van der Waals surface area contributed by atoms with E-state index in [-0.39, 0.29) is 23.3 Å². The monoisotopic (exact) mass is 436 g/mol. The molecule has 1 saturated heterocycles. The van der Waals surface area contributed by atoms with Crippen LogP contribution in [0.5, 0.6) is 0 Å². The number of benzene rings is 1. The van der Waals surface area contributed by atoms with E-state index in [1.807, 2.05) is 18.7 Å². The highest BCUT2D eigenvalue weighted by Gasteiger charge is 2.31. The molecule has 0 aliphatic carbocycles. The average Bonchev–Trinajstić information content (AvgIpc) is 3.17. The normalized spacial score (nSPS) is 16.8. The summed E-state index contributed by atoms with van der Waals surface area (Å²) in [6, 6.07) is 5.57. The van der Waals surface area contributed by atoms with Gasteiger partial charge in [-0.15, -0.1) is 5.10 Å². The van der Waals surface area contributed by atoms with E-state index in [2.05, 4.69) is 15.2 Å². The molecule has 1 atom stereocenters. The van der Waals surface area contributed by atoms with Gasteiger partial charge >= 0.3 is 0 Å². The molecule has 10 nitrogen and oxygen atoms in total. The molecule has 0 radical (unpaired) electrons. The number of aromatic nitrogens is 3. The van der Waals surface area contributed by atoms with E-state index in [0.717, 1.165) is 13.1 Å². The van der Waals surface area contributed by atoms with Gasteiger partial charge in [0.1, 0.15) is 11.7 Å². The van der Waals surface area contributed by atoms with Crippen molar-refractivity contribution in [1.29, 1.82) is 0 Å². The molecule has 1 fully saturated rings. The number of primary sulfonamides is 1. The summed E-state index contributed by atoms with van der Waals surface area (Å²) in [6.45, 7) is 7.35. The van der Waals surface area contributed by atoms with Gasteiger partial charge in [0.2, 0.25) is 15.9 Å². The molecule has 3 rings (SSSR count). The first-order chi connectivity index (χ1) is 14.2. The molecule has 1 aliphatic rings. The zero-order valence-electron chi connectivity index (χ0n) is 17.2. The molecular formula is C19H28N6O4S. The number of piperazine rings is 1. The Kier molecular flexibility index (Phi) is 6.86. The van der Waals surface area contributed by atoms with Crippen LogP contribution in [0.4, 0.5) is 0 Å². The lowest BCUT2D eigenvalue weighted by Gasteiger charge is -2.36. The van der Waals surface area contributed by atoms with Gasteiger partial charge in [0.05, 0.1) is 17.7 Å². The third-order valence-electron chi connectivity index (χ3n) is 5.26. The molecule has 2 heterocycles. The molecule has 1 aromatic heterocycles. The van der Waals surface area contributed by atoms with Crippen LogP contribution in [0.1, 0.15) is 19.9 Å². The molecule has 3 N–H and O–H groups in total. The number of hydrogen-bond donors (Lipinski definition) is 2. The van der Waals surface area contributed by atoms with Crippen molar-refractivity contribution >= 4 is 15.9 Å². The van der Waals surface area contributed by atoms with Gasteiger partial charge < -0.3 is 10.0 Å². The van der Waals surface area contributed by atoms with Crippen LogP contribution in [-0.2, 0) is 14.8 Å². The molecule has 1 amide bonds. The zero-order chi connectivity index (χ0) is 21.9. The molecule has 164 valence electrons. The number of aliphatic hydroxyl groups excluding tert-OH is 1. The summed E-state index contributed by atoms with van der Waals surface area (Å²) in [5.41, 5.74) is 1.23. The number of carbonyl (C=O) groups excluding carboxylic acids is 1. The van der Waals surface area contributed by atoms with Gasteiger partial charge in [-0.2, -0.15) is 0 Å². The number of hydrogen-bond acceptors (Lipinski definition) is 7. The first-order valence-electron chi connectivity index (χ1n) is 9.88. The fourth-order valence-electron chi connectivity index (χ4n) is 3.58. The van der Waals surface area contributed by atoms with Crippen molar-refractivity contribution in [2.75, 3.05) is 39.3 Å². The van der Waals surface area contributed by atoms with Crippen LogP contribution in [0.25, 0.3) is 11.3 Å². The second-order valence-electron chi connectivity index (χ2n) is 7.73. The Balaban J connectivity index is 1.76. The maximum absolute atomic E-state index is 13.2. The molecule has 0 spiro atoms. The fraction of sp³-hybridized carbons (Fsp3) is 0.526. The molecule has 0 bridgehead atoms. The van der Waals surface area contributed by atoms with Crippen molar-refractivity contribution in [3.63, 3.8) is 0 Å². The molecule has 1 aliphatic heterocycles. The van der Waals surface area contributed by atoms with Crippen molar-refractivity contribution < 1.29 is 18.3 Å². The predicted octanol–water partition coefficient (Wildman–Crippen LogP) is -0.0739. The highest BCUT2D eigenvalue weighted by Crippen LogP contribution is 2.24. The Morgan fingerprint density at radius 3 is 2.33 bits per heavy atom. The Morgan fingerprint density at radius 1 is 1.17 bits per heavy atom. The highest BCUT2D eigenvalue weighted by molar-refractivity contribution is 7.89. The number of carbonyl (C=O) groups is 1. The summed E-state index contributed by atoms with van der Waals surface area (Å²) in [4.78, 5) is 17.2. The molecular weight excluding hydrogens is 408 g/mol. The van der Waals surface area contributed by atoms with Crippen molar-refractivity contribution in [2.45, 2.75) is 24.8 Å². The van der Waals surface area contributed by atoms with E-state index < -0.39 is 16.1 Å². The topological polar surface area (TPSA) is 135 Å². The van der Waals surface area contributed by atoms with Gasteiger partial charge in [0.15, 0.2) is 0 Å². The van der Waals surface area contributed by atoms with E-state index in [1.165, 1.54) is 12.1 Å². The van der Waals surface area contributed by atoms with Gasteiger partial charge in [-0.1, -0.05) is 31.2 Å². The molecule has 1 aromatic carbocycles. The summed E-state index contributed by atoms with van der Waals surface area (Å²) in [6.07, 6.45) is 1.70. The van der Waals surface area contributed by atoms with E-state index in [0.29, 0.717) is 30.9 Å². The number of amides is 1. The smallest absolute Gasteiger partial charge is 0.247 e. The molecule has 1 unspecified atom stereocenters. The van der Waals surface area contributed by atoms with Gasteiger partial charge in [-0.3, -0.25) is 9.69 Å². The van der Waals surface area contributed by atoms with E-state index in [9.17, 15) is 13.2 Å². The third-order valence-corrected chi connectivity index (χ3v) is 6.19. The first kappa shape index (κ1) is 22.3. The Bertz CT molecular complexity index is 965. The van der Waals surface area contributed by atoms with Crippen LogP contribution in [0, 0.1) is 5.92 Å². The van der Waals surface area contributed by atoms with Crippen LogP contribution in [-0.4, -0.2) is 83.6 Å². The minimum atomic E-state index is -3.76. The second kappa shape index (κ2) is 9.21. The van der Waals surface area contributed by atoms with Crippen LogP contribution >= 0.6 is 0 Å². The predicted molar refractivity (Wildman–Crippen MR) is 111 cm³/mol. The molecule has 11 heteroatoms. The van der Waals surface area contributed by atoms with Crippen LogP contribution in [0.3, 0.4) is 0 Å². The maximum Gasteiger partial charge on any atom is 0.247 e. The number of β-amino-alcohol motifs (C(OH)–C–C–N with tert-alkyl or cyclic N) is 1. The van der Waals surface area contributed by atoms with Crippen LogP contribution in [0.15, 0.2) is 35.4 Å². The number of rotatable bonds is 7. The Morgan fingerprint density at radius 2 is 1.80 bits per heavy atom. The van der Waals surface area contributed by atoms with Crippen LogP contribution in [0.2, 0.25) is 0 Å². The largest absolute Gasteiger partial charge is 0.395 e. The van der Waals surface area contributed by atoms with Gasteiger partial charge in [0.25, 0.3) is 0 Å². The third kappa shape index (κ3) is 5.04. The van der Waals surface area contributed by atoms with E-state index in [1.54, 1.807) is 23.0 Å². The van der Waals surface area contributed by atoms with Gasteiger partial charge in [-0.05, 0) is 18.1 Å². The van der Waals surface area contributed by atoms with Crippen molar-refractivity contribution in [2.24, 2.45) is 11.1 Å². The minimum absolute atomic E-state index is 0.00493. The summed E-state index contributed by atoms with van der Waals surface area (Å²) in [5, 5.41) is 22.6. The quantitative estimate of drug-likeness (QED) is 0.620. The lowest BCUT2D eigenvalue weighted by atomic mass is 10.0. The van der Waals surface area contributed by atoms with E-state index >= 15 is 0 Å². The summed E-state index contributed by atoms with van der Waals surface area (Å²) in [7, 11) is -3.76. The first-order valence-corrected chi connectivity index (χ1v) is 11.4. The molecule has 2 aromatic rings. The van der Waals surface area contributed by atoms with Crippen molar-refractivity contribution in [3.05, 3.63) is 30.5 Å². The Labute approximate surface area is 176 Å². The lowest BCUT2D eigenvalue weighted by Crippen LogP contribution is -2.51. The van der Waals surface area contributed by atoms with Crippen LogP contribution < -0.4 is 5.14 Å². The second-order valence-corrected chi connectivity index (χ2v) is 9.29. The van der Waals surface area contributed by atoms with E-state index in [4.69, 9.17) is 10.2 Å².